The maximum atomic E-state index is 13.1. The minimum Gasteiger partial charge on any atom is -0.415 e. The van der Waals surface area contributed by atoms with Crippen LogP contribution < -0.4 is 5.32 Å². The van der Waals surface area contributed by atoms with Crippen molar-refractivity contribution >= 4 is 17.6 Å². The fourth-order valence-electron chi connectivity index (χ4n) is 5.01. The summed E-state index contributed by atoms with van der Waals surface area (Å²) in [5.41, 5.74) is 0.650. The zero-order valence-electron chi connectivity index (χ0n) is 24.0. The number of alkyl halides is 3. The summed E-state index contributed by atoms with van der Waals surface area (Å²) in [5.74, 6) is -0.0206. The lowest BCUT2D eigenvalue weighted by Crippen LogP contribution is -2.40. The molecule has 0 aliphatic heterocycles. The number of carbonyl (C=O) groups is 1. The lowest BCUT2D eigenvalue weighted by Gasteiger charge is -2.37. The Morgan fingerprint density at radius 2 is 1.76 bits per heavy atom. The van der Waals surface area contributed by atoms with Crippen molar-refractivity contribution in [3.05, 3.63) is 65.6 Å². The van der Waals surface area contributed by atoms with Crippen LogP contribution in [0.25, 0.3) is 11.3 Å². The molecule has 11 heteroatoms. The standard InChI is InChI=1S/C30H37F3N5O3/c1-19-14-24(36-27(15-19)37-26-16-23(12-13-34-26)30(31,32)33)21-8-11-25(35-17-21)29(2,40)22-9-6-20(7-10-22)28(39)41-18-38(3,4)5/h8,11-17,20,22,40H,6-7,9-10,18H2,1-5H3,(H,34,36,37)/q+1/t20?,22?,29-/m1/s1. The highest BCUT2D eigenvalue weighted by Crippen LogP contribution is 2.41. The molecule has 0 amide bonds. The number of aryl methyl sites for hydroxylation is 1. The van der Waals surface area contributed by atoms with Gasteiger partial charge >= 0.3 is 12.1 Å². The number of nitrogens with zero attached hydrogens (tertiary/aromatic N) is 4. The normalized spacial score (nSPS) is 19.3. The largest absolute Gasteiger partial charge is 0.416 e. The average Bonchev–Trinajstić information content (AvgIpc) is 2.91. The van der Waals surface area contributed by atoms with Gasteiger partial charge in [-0.1, -0.05) is 0 Å². The number of aliphatic hydroxyl groups is 1. The van der Waals surface area contributed by atoms with Crippen LogP contribution in [0.1, 0.15) is 49.4 Å². The Labute approximate surface area is 238 Å². The number of esters is 1. The van der Waals surface area contributed by atoms with Gasteiger partial charge in [0.25, 0.3) is 0 Å². The Morgan fingerprint density at radius 3 is 2.37 bits per heavy atom. The molecule has 2 N–H and O–H groups in total. The summed E-state index contributed by atoms with van der Waals surface area (Å²) in [6.07, 6.45) is 0.914. The van der Waals surface area contributed by atoms with Gasteiger partial charge in [-0.25, -0.2) is 9.97 Å². The van der Waals surface area contributed by atoms with Gasteiger partial charge in [0, 0.05) is 18.0 Å². The molecule has 41 heavy (non-hydrogen) atoms. The number of anilines is 2. The molecule has 1 saturated carbocycles. The number of halogens is 3. The van der Waals surface area contributed by atoms with Crippen LogP contribution in [0.4, 0.5) is 24.8 Å². The van der Waals surface area contributed by atoms with Crippen molar-refractivity contribution < 1.29 is 32.3 Å². The van der Waals surface area contributed by atoms with Crippen LogP contribution in [0.3, 0.4) is 0 Å². The van der Waals surface area contributed by atoms with Crippen molar-refractivity contribution in [2.45, 2.75) is 51.3 Å². The summed E-state index contributed by atoms with van der Waals surface area (Å²) in [7, 11) is 5.88. The van der Waals surface area contributed by atoms with Crippen molar-refractivity contribution in [1.82, 2.24) is 15.0 Å². The second-order valence-corrected chi connectivity index (χ2v) is 12.0. The average molecular weight is 573 g/mol. The molecule has 8 nitrogen and oxygen atoms in total. The van der Waals surface area contributed by atoms with Crippen molar-refractivity contribution in [2.75, 3.05) is 33.2 Å². The lowest BCUT2D eigenvalue weighted by atomic mass is 9.73. The van der Waals surface area contributed by atoms with Crippen LogP contribution >= 0.6 is 0 Å². The van der Waals surface area contributed by atoms with E-state index in [1.165, 1.54) is 0 Å². The van der Waals surface area contributed by atoms with Crippen molar-refractivity contribution in [1.29, 1.82) is 0 Å². The van der Waals surface area contributed by atoms with Crippen molar-refractivity contribution in [3.63, 3.8) is 0 Å². The van der Waals surface area contributed by atoms with Crippen LogP contribution in [0.2, 0.25) is 0 Å². The van der Waals surface area contributed by atoms with E-state index in [0.717, 1.165) is 23.9 Å². The highest BCUT2D eigenvalue weighted by atomic mass is 19.4. The SMILES string of the molecule is Cc1cc(Nc2cc(C(F)(F)F)ccn2)nc(-c2ccc([C@](C)(O)C3CCC(C(=O)OC[N+](C)(C)C)CC3)nc2)c1. The fraction of sp³-hybridized carbons (Fsp3) is 0.467. The van der Waals surface area contributed by atoms with E-state index in [0.29, 0.717) is 59.7 Å². The first-order chi connectivity index (χ1) is 19.1. The Balaban J connectivity index is 1.43. The van der Waals surface area contributed by atoms with Gasteiger partial charge < -0.3 is 15.2 Å². The Morgan fingerprint density at radius 1 is 1.05 bits per heavy atom. The molecule has 3 heterocycles. The minimum atomic E-state index is -4.48. The molecule has 4 rings (SSSR count). The molecule has 1 atom stereocenters. The number of pyridine rings is 3. The third-order valence-electron chi connectivity index (χ3n) is 7.34. The Bertz CT molecular complexity index is 1360. The topological polar surface area (TPSA) is 97.2 Å². The van der Waals surface area contributed by atoms with E-state index in [4.69, 9.17) is 4.74 Å². The van der Waals surface area contributed by atoms with E-state index in [-0.39, 0.29) is 23.6 Å². The molecule has 220 valence electrons. The second-order valence-electron chi connectivity index (χ2n) is 12.0. The molecular weight excluding hydrogens is 535 g/mol. The molecule has 1 aliphatic carbocycles. The first-order valence-electron chi connectivity index (χ1n) is 13.6. The summed E-state index contributed by atoms with van der Waals surface area (Å²) < 4.78 is 45.3. The van der Waals surface area contributed by atoms with Gasteiger partial charge in [0.15, 0.2) is 0 Å². The number of ether oxygens (including phenoxy) is 1. The summed E-state index contributed by atoms with van der Waals surface area (Å²) >= 11 is 0. The zero-order chi connectivity index (χ0) is 30.0. The van der Waals surface area contributed by atoms with E-state index in [2.05, 4.69) is 20.3 Å². The van der Waals surface area contributed by atoms with Crippen LogP contribution in [-0.2, 0) is 21.3 Å². The highest BCUT2D eigenvalue weighted by molar-refractivity contribution is 5.72. The summed E-state index contributed by atoms with van der Waals surface area (Å²) in [6.45, 7) is 3.93. The number of hydrogen-bond donors (Lipinski definition) is 2. The highest BCUT2D eigenvalue weighted by Gasteiger charge is 2.39. The third kappa shape index (κ3) is 7.80. The van der Waals surface area contributed by atoms with Crippen LogP contribution in [0.5, 0.6) is 0 Å². The maximum absolute atomic E-state index is 13.1. The summed E-state index contributed by atoms with van der Waals surface area (Å²) in [6, 6.07) is 8.99. The molecular formula is C30H37F3N5O3+. The maximum Gasteiger partial charge on any atom is 0.416 e. The number of quaternary nitrogens is 1. The van der Waals surface area contributed by atoms with Crippen LogP contribution in [0, 0.1) is 18.8 Å². The van der Waals surface area contributed by atoms with Crippen molar-refractivity contribution in [3.8, 4) is 11.3 Å². The van der Waals surface area contributed by atoms with Gasteiger partial charge in [-0.3, -0.25) is 14.3 Å². The van der Waals surface area contributed by atoms with Gasteiger partial charge in [0.2, 0.25) is 6.73 Å². The Hall–Kier alpha value is -3.57. The molecule has 0 unspecified atom stereocenters. The Kier molecular flexibility index (Phi) is 8.70. The molecule has 3 aromatic heterocycles. The molecule has 0 radical (unpaired) electrons. The summed E-state index contributed by atoms with van der Waals surface area (Å²) in [4.78, 5) is 25.6. The van der Waals surface area contributed by atoms with Gasteiger partial charge in [0.1, 0.15) is 17.2 Å². The molecule has 0 saturated heterocycles. The minimum absolute atomic E-state index is 0.0322. The molecule has 0 spiro atoms. The predicted molar refractivity (Wildman–Crippen MR) is 149 cm³/mol. The van der Waals surface area contributed by atoms with E-state index in [9.17, 15) is 23.1 Å². The van der Waals surface area contributed by atoms with Crippen LogP contribution in [-0.4, -0.2) is 58.4 Å². The van der Waals surface area contributed by atoms with E-state index >= 15 is 0 Å². The first kappa shape index (κ1) is 30.4. The number of hydrogen-bond acceptors (Lipinski definition) is 7. The third-order valence-corrected chi connectivity index (χ3v) is 7.34. The zero-order valence-corrected chi connectivity index (χ0v) is 24.0. The van der Waals surface area contributed by atoms with E-state index in [1.807, 2.05) is 40.2 Å². The van der Waals surface area contributed by atoms with E-state index in [1.54, 1.807) is 25.3 Å². The van der Waals surface area contributed by atoms with E-state index < -0.39 is 17.3 Å². The number of carbonyl (C=O) groups excluding carboxylic acids is 1. The quantitative estimate of drug-likeness (QED) is 0.199. The fourth-order valence-corrected chi connectivity index (χ4v) is 5.01. The molecule has 3 aromatic rings. The van der Waals surface area contributed by atoms with Gasteiger partial charge in [-0.15, -0.1) is 0 Å². The van der Waals surface area contributed by atoms with Gasteiger partial charge in [-0.05, 0) is 87.4 Å². The second kappa shape index (κ2) is 11.7. The molecule has 0 aromatic carbocycles. The molecule has 1 fully saturated rings. The number of nitrogens with one attached hydrogen (secondary N) is 1. The van der Waals surface area contributed by atoms with Crippen molar-refractivity contribution in [2.24, 2.45) is 11.8 Å². The lowest BCUT2D eigenvalue weighted by molar-refractivity contribution is -0.888. The number of aromatic nitrogens is 3. The predicted octanol–water partition coefficient (Wildman–Crippen LogP) is 5.83. The van der Waals surface area contributed by atoms with Gasteiger partial charge in [0.05, 0.1) is 44.0 Å². The first-order valence-corrected chi connectivity index (χ1v) is 13.6. The van der Waals surface area contributed by atoms with Gasteiger partial charge in [-0.2, -0.15) is 13.2 Å². The monoisotopic (exact) mass is 572 g/mol. The smallest absolute Gasteiger partial charge is 0.415 e. The molecule has 0 bridgehead atoms. The molecule has 1 aliphatic rings. The van der Waals surface area contributed by atoms with Crippen LogP contribution in [0.15, 0.2) is 48.8 Å². The number of rotatable bonds is 8. The summed E-state index contributed by atoms with van der Waals surface area (Å²) in [5, 5.41) is 14.3.